The molecule has 34 heavy (non-hydrogen) atoms. The van der Waals surface area contributed by atoms with Gasteiger partial charge in [0.15, 0.2) is 0 Å². The van der Waals surface area contributed by atoms with Crippen LogP contribution in [0.5, 0.6) is 5.75 Å². The van der Waals surface area contributed by atoms with Crippen molar-refractivity contribution < 1.29 is 9.53 Å². The molecule has 0 radical (unpaired) electrons. The first-order valence-electron chi connectivity index (χ1n) is 12.0. The molecule has 0 unspecified atom stereocenters. The Morgan fingerprint density at radius 1 is 0.971 bits per heavy atom. The van der Waals surface area contributed by atoms with Gasteiger partial charge in [0.1, 0.15) is 5.75 Å². The summed E-state index contributed by atoms with van der Waals surface area (Å²) in [5.74, 6) is 1.25. The van der Waals surface area contributed by atoms with Gasteiger partial charge in [0.05, 0.1) is 7.11 Å². The molecule has 1 heterocycles. The largest absolute Gasteiger partial charge is 0.497 e. The third-order valence-corrected chi connectivity index (χ3v) is 6.28. The zero-order chi connectivity index (χ0) is 24.1. The molecule has 0 aliphatic rings. The molecule has 4 nitrogen and oxygen atoms in total. The van der Waals surface area contributed by atoms with Crippen LogP contribution < -0.4 is 10.1 Å². The predicted molar refractivity (Wildman–Crippen MR) is 140 cm³/mol. The fourth-order valence-corrected chi connectivity index (χ4v) is 4.39. The number of hydrogen-bond donors (Lipinski definition) is 1. The van der Waals surface area contributed by atoms with Crippen LogP contribution in [0.25, 0.3) is 10.9 Å². The number of aryl methyl sites for hydroxylation is 1. The molecule has 4 heteroatoms. The van der Waals surface area contributed by atoms with Crippen LogP contribution in [0.4, 0.5) is 0 Å². The maximum Gasteiger partial charge on any atom is 0.220 e. The van der Waals surface area contributed by atoms with Gasteiger partial charge in [0, 0.05) is 42.5 Å². The van der Waals surface area contributed by atoms with Gasteiger partial charge in [0.25, 0.3) is 0 Å². The fourth-order valence-electron chi connectivity index (χ4n) is 4.39. The van der Waals surface area contributed by atoms with Crippen LogP contribution in [-0.2, 0) is 11.3 Å². The van der Waals surface area contributed by atoms with Gasteiger partial charge in [-0.15, -0.1) is 0 Å². The van der Waals surface area contributed by atoms with Crippen molar-refractivity contribution in [2.24, 2.45) is 5.92 Å². The summed E-state index contributed by atoms with van der Waals surface area (Å²) in [6, 6.07) is 25.3. The molecule has 0 bridgehead atoms. The lowest BCUT2D eigenvalue weighted by atomic mass is 9.88. The van der Waals surface area contributed by atoms with Crippen LogP contribution in [-0.4, -0.2) is 24.1 Å². The molecule has 1 N–H and O–H groups in total. The average Bonchev–Trinajstić information content (AvgIpc) is 3.21. The summed E-state index contributed by atoms with van der Waals surface area (Å²) in [7, 11) is 1.67. The Bertz CT molecular complexity index is 1240. The quantitative estimate of drug-likeness (QED) is 0.322. The van der Waals surface area contributed by atoms with E-state index in [1.165, 1.54) is 27.6 Å². The van der Waals surface area contributed by atoms with Gasteiger partial charge < -0.3 is 14.6 Å². The molecular formula is C30H34N2O2. The SMILES string of the molecule is COc1ccc([C@@H](CC(=O)NCC(C)C)c2cn(Cc3ccc(C)cc3)c3ccccc23)cc1. The summed E-state index contributed by atoms with van der Waals surface area (Å²) >= 11 is 0. The van der Waals surface area contributed by atoms with Crippen molar-refractivity contribution in [3.05, 3.63) is 101 Å². The lowest BCUT2D eigenvalue weighted by Gasteiger charge is -2.18. The molecule has 1 aromatic heterocycles. The van der Waals surface area contributed by atoms with Crippen molar-refractivity contribution in [3.8, 4) is 5.75 Å². The number of nitrogens with one attached hydrogen (secondary N) is 1. The normalized spacial score (nSPS) is 12.1. The summed E-state index contributed by atoms with van der Waals surface area (Å²) in [5.41, 5.74) is 5.98. The topological polar surface area (TPSA) is 43.3 Å². The molecule has 4 rings (SSSR count). The Morgan fingerprint density at radius 3 is 2.35 bits per heavy atom. The van der Waals surface area contributed by atoms with Crippen LogP contribution in [0.3, 0.4) is 0 Å². The number of methoxy groups -OCH3 is 1. The molecule has 0 saturated carbocycles. The van der Waals surface area contributed by atoms with Crippen molar-refractivity contribution in [2.75, 3.05) is 13.7 Å². The van der Waals surface area contributed by atoms with Crippen LogP contribution in [0, 0.1) is 12.8 Å². The van der Waals surface area contributed by atoms with Crippen molar-refractivity contribution in [2.45, 2.75) is 39.7 Å². The third-order valence-electron chi connectivity index (χ3n) is 6.28. The first-order chi connectivity index (χ1) is 16.4. The highest BCUT2D eigenvalue weighted by atomic mass is 16.5. The maximum atomic E-state index is 13.0. The molecule has 176 valence electrons. The van der Waals surface area contributed by atoms with Crippen molar-refractivity contribution in [1.82, 2.24) is 9.88 Å². The van der Waals surface area contributed by atoms with E-state index in [1.54, 1.807) is 7.11 Å². The molecule has 3 aromatic carbocycles. The lowest BCUT2D eigenvalue weighted by molar-refractivity contribution is -0.121. The second kappa shape index (κ2) is 10.6. The Hall–Kier alpha value is -3.53. The minimum atomic E-state index is -0.0535. The molecule has 0 aliphatic heterocycles. The summed E-state index contributed by atoms with van der Waals surface area (Å²) in [6.07, 6.45) is 2.63. The summed E-state index contributed by atoms with van der Waals surface area (Å²) in [6.45, 7) is 7.80. The third kappa shape index (κ3) is 5.51. The number of amides is 1. The Kier molecular flexibility index (Phi) is 7.36. The average molecular weight is 455 g/mol. The van der Waals surface area contributed by atoms with E-state index in [2.05, 4.69) is 97.5 Å². The molecule has 0 saturated heterocycles. The highest BCUT2D eigenvalue weighted by molar-refractivity contribution is 5.86. The molecular weight excluding hydrogens is 420 g/mol. The van der Waals surface area contributed by atoms with Gasteiger partial charge in [-0.2, -0.15) is 0 Å². The number of benzene rings is 3. The number of ether oxygens (including phenoxy) is 1. The smallest absolute Gasteiger partial charge is 0.220 e. The number of hydrogen-bond acceptors (Lipinski definition) is 2. The Morgan fingerprint density at radius 2 is 1.68 bits per heavy atom. The van der Waals surface area contributed by atoms with E-state index >= 15 is 0 Å². The minimum absolute atomic E-state index is 0.0535. The summed E-state index contributed by atoms with van der Waals surface area (Å²) in [4.78, 5) is 13.0. The van der Waals surface area contributed by atoms with E-state index in [4.69, 9.17) is 4.74 Å². The van der Waals surface area contributed by atoms with E-state index in [0.29, 0.717) is 18.9 Å². The number of para-hydroxylation sites is 1. The second-order valence-corrected chi connectivity index (χ2v) is 9.44. The van der Waals surface area contributed by atoms with E-state index < -0.39 is 0 Å². The molecule has 1 amide bonds. The first-order valence-corrected chi connectivity index (χ1v) is 12.0. The predicted octanol–water partition coefficient (Wildman–Crippen LogP) is 6.30. The van der Waals surface area contributed by atoms with Crippen molar-refractivity contribution in [3.63, 3.8) is 0 Å². The fraction of sp³-hybridized carbons (Fsp3) is 0.300. The highest BCUT2D eigenvalue weighted by Gasteiger charge is 2.23. The zero-order valence-corrected chi connectivity index (χ0v) is 20.5. The molecule has 0 fully saturated rings. The molecule has 1 atom stereocenters. The number of carbonyl (C=O) groups excluding carboxylic acids is 1. The van der Waals surface area contributed by atoms with Gasteiger partial charge in [-0.3, -0.25) is 4.79 Å². The van der Waals surface area contributed by atoms with Gasteiger partial charge in [-0.25, -0.2) is 0 Å². The summed E-state index contributed by atoms with van der Waals surface area (Å²) < 4.78 is 7.67. The Labute approximate surface area is 202 Å². The van der Waals surface area contributed by atoms with Crippen LogP contribution >= 0.6 is 0 Å². The summed E-state index contributed by atoms with van der Waals surface area (Å²) in [5, 5.41) is 4.29. The van der Waals surface area contributed by atoms with Crippen LogP contribution in [0.2, 0.25) is 0 Å². The standard InChI is InChI=1S/C30H34N2O2/c1-21(2)18-31-30(33)17-27(24-13-15-25(34-4)16-14-24)28-20-32(29-8-6-5-7-26(28)29)19-23-11-9-22(3)10-12-23/h5-16,20-21,27H,17-19H2,1-4H3,(H,31,33)/t27-/m1/s1. The van der Waals surface area contributed by atoms with E-state index in [0.717, 1.165) is 17.9 Å². The number of rotatable bonds is 9. The van der Waals surface area contributed by atoms with Gasteiger partial charge in [-0.05, 0) is 47.7 Å². The molecule has 0 aliphatic carbocycles. The molecule has 0 spiro atoms. The van der Waals surface area contributed by atoms with Gasteiger partial charge in [0.2, 0.25) is 5.91 Å². The van der Waals surface area contributed by atoms with E-state index in [1.807, 2.05) is 12.1 Å². The van der Waals surface area contributed by atoms with Crippen molar-refractivity contribution in [1.29, 1.82) is 0 Å². The van der Waals surface area contributed by atoms with Crippen LogP contribution in [0.1, 0.15) is 48.4 Å². The Balaban J connectivity index is 1.74. The van der Waals surface area contributed by atoms with E-state index in [9.17, 15) is 4.79 Å². The number of fused-ring (bicyclic) bond motifs is 1. The van der Waals surface area contributed by atoms with Crippen LogP contribution in [0.15, 0.2) is 79.0 Å². The van der Waals surface area contributed by atoms with E-state index in [-0.39, 0.29) is 11.8 Å². The lowest BCUT2D eigenvalue weighted by Crippen LogP contribution is -2.28. The number of aromatic nitrogens is 1. The monoisotopic (exact) mass is 454 g/mol. The maximum absolute atomic E-state index is 13.0. The minimum Gasteiger partial charge on any atom is -0.497 e. The van der Waals surface area contributed by atoms with Crippen molar-refractivity contribution >= 4 is 16.8 Å². The van der Waals surface area contributed by atoms with Gasteiger partial charge >= 0.3 is 0 Å². The van der Waals surface area contributed by atoms with Gasteiger partial charge in [-0.1, -0.05) is 74.0 Å². The highest BCUT2D eigenvalue weighted by Crippen LogP contribution is 2.35. The number of carbonyl (C=O) groups is 1. The first kappa shape index (κ1) is 23.6. The molecule has 4 aromatic rings. The zero-order valence-electron chi connectivity index (χ0n) is 20.5. The second-order valence-electron chi connectivity index (χ2n) is 9.44. The number of nitrogens with zero attached hydrogens (tertiary/aromatic N) is 1.